The second-order valence-electron chi connectivity index (χ2n) is 9.94. The van der Waals surface area contributed by atoms with Crippen molar-refractivity contribution < 1.29 is 52.7 Å². The summed E-state index contributed by atoms with van der Waals surface area (Å²) in [4.78, 5) is -0.616. The maximum absolute atomic E-state index is 14.8. The van der Waals surface area contributed by atoms with Gasteiger partial charge < -0.3 is 0 Å². The first-order valence-electron chi connectivity index (χ1n) is 12.7. The van der Waals surface area contributed by atoms with E-state index >= 15 is 0 Å². The van der Waals surface area contributed by atoms with Crippen LogP contribution in [0.1, 0.15) is 22.3 Å². The van der Waals surface area contributed by atoms with Crippen LogP contribution in [-0.2, 0) is 10.8 Å². The molecule has 8 bridgehead atoms. The monoisotopic (exact) mass is 732 g/mol. The molecule has 46 heavy (non-hydrogen) atoms. The highest BCUT2D eigenvalue weighted by Crippen LogP contribution is 2.59. The minimum atomic E-state index is -5.87. The molecule has 4 aromatic carbocycles. The number of rotatable bonds is 0. The Bertz CT molecular complexity index is 1470. The SMILES string of the molecule is FC(F)(F)C1(C(F)(F)F)c2cccc(c2)SSc2cccc(c2)C(C(F)(F)F)(C(F)(F)F)c2cccc(c2)SSc2cccc1c2. The number of benzene rings is 4. The van der Waals surface area contributed by atoms with Gasteiger partial charge in [-0.25, -0.2) is 0 Å². The number of fused-ring (bicyclic) bond motifs is 8. The fraction of sp³-hybridized carbons (Fsp3) is 0.200. The molecule has 1 aliphatic heterocycles. The van der Waals surface area contributed by atoms with Gasteiger partial charge in [0.15, 0.2) is 0 Å². The molecule has 0 N–H and O–H groups in total. The molecule has 0 saturated carbocycles. The molecule has 0 nitrogen and oxygen atoms in total. The van der Waals surface area contributed by atoms with E-state index in [0.29, 0.717) is 91.7 Å². The van der Waals surface area contributed by atoms with Crippen LogP contribution in [0.2, 0.25) is 0 Å². The Kier molecular flexibility index (Phi) is 9.18. The zero-order valence-electron chi connectivity index (χ0n) is 22.4. The lowest BCUT2D eigenvalue weighted by atomic mass is 9.73. The molecule has 0 atom stereocenters. The minimum absolute atomic E-state index is 0.154. The van der Waals surface area contributed by atoms with E-state index in [-0.39, 0.29) is 19.6 Å². The lowest BCUT2D eigenvalue weighted by Crippen LogP contribution is -2.54. The summed E-state index contributed by atoms with van der Waals surface area (Å²) < 4.78 is 178. The molecule has 0 spiro atoms. The van der Waals surface area contributed by atoms with Crippen molar-refractivity contribution >= 4 is 43.2 Å². The number of halogens is 12. The largest absolute Gasteiger partial charge is 0.411 e. The molecule has 0 fully saturated rings. The third-order valence-corrected chi connectivity index (χ3v) is 12.0. The van der Waals surface area contributed by atoms with Gasteiger partial charge in [-0.05, 0) is 70.8 Å². The average Bonchev–Trinajstić information content (AvgIpc) is 2.93. The zero-order chi connectivity index (χ0) is 33.8. The molecule has 0 unspecified atom stereocenters. The fourth-order valence-corrected chi connectivity index (χ4v) is 9.30. The predicted molar refractivity (Wildman–Crippen MR) is 155 cm³/mol. The molecule has 0 amide bonds. The van der Waals surface area contributed by atoms with Crippen molar-refractivity contribution in [2.24, 2.45) is 0 Å². The maximum Gasteiger partial charge on any atom is 0.411 e. The molecular weight excluding hydrogens is 717 g/mol. The fourth-order valence-electron chi connectivity index (χ4n) is 5.28. The van der Waals surface area contributed by atoms with Crippen LogP contribution in [0, 0.1) is 0 Å². The third kappa shape index (κ3) is 5.87. The van der Waals surface area contributed by atoms with Crippen molar-refractivity contribution in [3.8, 4) is 0 Å². The summed E-state index contributed by atoms with van der Waals surface area (Å²) in [6, 6.07) is 14.0. The van der Waals surface area contributed by atoms with Crippen molar-refractivity contribution in [2.75, 3.05) is 0 Å². The predicted octanol–water partition coefficient (Wildman–Crippen LogP) is 12.4. The summed E-state index contributed by atoms with van der Waals surface area (Å²) in [6.45, 7) is 0. The van der Waals surface area contributed by atoms with Gasteiger partial charge in [-0.15, -0.1) is 0 Å². The first kappa shape index (κ1) is 34.8. The van der Waals surface area contributed by atoms with E-state index in [9.17, 15) is 52.7 Å². The van der Waals surface area contributed by atoms with E-state index in [1.54, 1.807) is 0 Å². The molecule has 1 aliphatic rings. The van der Waals surface area contributed by atoms with Crippen LogP contribution in [-0.4, -0.2) is 24.7 Å². The maximum atomic E-state index is 14.8. The standard InChI is InChI=1S/C30H16F12S4/c31-27(32,33)25(28(34,35)36)17-5-1-9-21(13-17)43-44-22-10-3-7-19(15-22)26(29(37,38)39,30(40,41)42)20-8-4-12-24(16-20)46-45-23-11-2-6-18(25)14-23/h1-16H. The van der Waals surface area contributed by atoms with E-state index in [2.05, 4.69) is 0 Å². The molecule has 0 aromatic heterocycles. The highest BCUT2D eigenvalue weighted by Gasteiger charge is 2.73. The Hall–Kier alpha value is -2.56. The highest BCUT2D eigenvalue weighted by molar-refractivity contribution is 8.77. The molecule has 16 heteroatoms. The molecule has 0 radical (unpaired) electrons. The van der Waals surface area contributed by atoms with Gasteiger partial charge in [0, 0.05) is 19.6 Å². The van der Waals surface area contributed by atoms with Crippen LogP contribution in [0.25, 0.3) is 0 Å². The quantitative estimate of drug-likeness (QED) is 0.130. The van der Waals surface area contributed by atoms with Gasteiger partial charge >= 0.3 is 24.7 Å². The van der Waals surface area contributed by atoms with Crippen LogP contribution in [0.3, 0.4) is 0 Å². The summed E-state index contributed by atoms with van der Waals surface area (Å²) >= 11 is 0. The molecule has 244 valence electrons. The van der Waals surface area contributed by atoms with Crippen LogP contribution in [0.15, 0.2) is 117 Å². The molecule has 4 aromatic rings. The van der Waals surface area contributed by atoms with E-state index in [1.807, 2.05) is 0 Å². The molecule has 1 heterocycles. The minimum Gasteiger partial charge on any atom is -0.169 e. The Labute approximate surface area is 269 Å². The van der Waals surface area contributed by atoms with Gasteiger partial charge in [0.2, 0.25) is 10.8 Å². The smallest absolute Gasteiger partial charge is 0.169 e. The Morgan fingerprint density at radius 2 is 0.522 bits per heavy atom. The summed E-state index contributed by atoms with van der Waals surface area (Å²) in [5.41, 5.74) is -13.6. The van der Waals surface area contributed by atoms with Crippen LogP contribution in [0.5, 0.6) is 0 Å². The van der Waals surface area contributed by atoms with Crippen molar-refractivity contribution in [3.63, 3.8) is 0 Å². The second kappa shape index (κ2) is 12.2. The van der Waals surface area contributed by atoms with Gasteiger partial charge in [0.1, 0.15) is 0 Å². The first-order chi connectivity index (χ1) is 21.3. The van der Waals surface area contributed by atoms with Gasteiger partial charge in [0.05, 0.1) is 0 Å². The second-order valence-corrected chi connectivity index (χ2v) is 14.5. The van der Waals surface area contributed by atoms with Gasteiger partial charge in [-0.1, -0.05) is 91.7 Å². The van der Waals surface area contributed by atoms with Crippen molar-refractivity contribution in [1.82, 2.24) is 0 Å². The summed E-state index contributed by atoms with van der Waals surface area (Å²) in [7, 11) is 2.32. The Morgan fingerprint density at radius 1 is 0.326 bits per heavy atom. The molecule has 0 aliphatic carbocycles. The molecule has 0 saturated heterocycles. The van der Waals surface area contributed by atoms with E-state index in [4.69, 9.17) is 0 Å². The number of alkyl halides is 12. The highest BCUT2D eigenvalue weighted by atomic mass is 33.1. The lowest BCUT2D eigenvalue weighted by molar-refractivity contribution is -0.290. The lowest BCUT2D eigenvalue weighted by Gasteiger charge is -2.39. The van der Waals surface area contributed by atoms with Crippen LogP contribution < -0.4 is 0 Å². The summed E-state index contributed by atoms with van der Waals surface area (Å²) in [6.07, 6.45) is -23.5. The average molecular weight is 733 g/mol. The molecule has 5 rings (SSSR count). The van der Waals surface area contributed by atoms with E-state index in [0.717, 1.165) is 24.3 Å². The Morgan fingerprint density at radius 3 is 0.696 bits per heavy atom. The van der Waals surface area contributed by atoms with Crippen molar-refractivity contribution in [2.45, 2.75) is 55.1 Å². The first-order valence-corrected chi connectivity index (χ1v) is 17.0. The van der Waals surface area contributed by atoms with Crippen LogP contribution >= 0.6 is 43.2 Å². The molecular formula is C30H16F12S4. The van der Waals surface area contributed by atoms with Gasteiger partial charge in [-0.3, -0.25) is 0 Å². The zero-order valence-corrected chi connectivity index (χ0v) is 25.7. The topological polar surface area (TPSA) is 0 Å². The van der Waals surface area contributed by atoms with Gasteiger partial charge in [-0.2, -0.15) is 52.7 Å². The van der Waals surface area contributed by atoms with E-state index < -0.39 is 57.8 Å². The Balaban J connectivity index is 1.79. The normalized spacial score (nSPS) is 17.1. The summed E-state index contributed by atoms with van der Waals surface area (Å²) in [5, 5.41) is 0. The van der Waals surface area contributed by atoms with Crippen molar-refractivity contribution in [3.05, 3.63) is 119 Å². The van der Waals surface area contributed by atoms with Crippen molar-refractivity contribution in [1.29, 1.82) is 0 Å². The third-order valence-electron chi connectivity index (χ3n) is 7.24. The summed E-state index contributed by atoms with van der Waals surface area (Å²) in [5.74, 6) is 0. The number of hydrogen-bond donors (Lipinski definition) is 0. The van der Waals surface area contributed by atoms with Gasteiger partial charge in [0.25, 0.3) is 0 Å². The van der Waals surface area contributed by atoms with E-state index in [1.165, 1.54) is 24.3 Å². The van der Waals surface area contributed by atoms with Crippen LogP contribution in [0.4, 0.5) is 52.7 Å². The number of hydrogen-bond acceptors (Lipinski definition) is 4.